The molecule has 0 aliphatic heterocycles. The largest absolute Gasteiger partial charge is 0.0990 e. The van der Waals surface area contributed by atoms with Crippen LogP contribution in [0, 0.1) is 3.57 Å². The first-order chi connectivity index (χ1) is 11.0. The molecule has 0 nitrogen and oxygen atoms in total. The quantitative estimate of drug-likeness (QED) is 0.518. The van der Waals surface area contributed by atoms with Gasteiger partial charge in [-0.25, -0.2) is 0 Å². The lowest BCUT2D eigenvalue weighted by Gasteiger charge is -2.22. The molecule has 0 amide bonds. The lowest BCUT2D eigenvalue weighted by Crippen LogP contribution is -2.15. The first kappa shape index (κ1) is 16.3. The van der Waals surface area contributed by atoms with Gasteiger partial charge in [-0.15, -0.1) is 0 Å². The van der Waals surface area contributed by atoms with Crippen molar-refractivity contribution in [2.24, 2.45) is 0 Å². The Morgan fingerprint density at radius 3 is 2.43 bits per heavy atom. The highest BCUT2D eigenvalue weighted by Crippen LogP contribution is 2.49. The third-order valence-electron chi connectivity index (χ3n) is 4.59. The number of rotatable bonds is 3. The molecular weight excluding hydrogens is 391 g/mol. The maximum absolute atomic E-state index is 3.90. The van der Waals surface area contributed by atoms with E-state index in [0.29, 0.717) is 0 Å². The van der Waals surface area contributed by atoms with Crippen molar-refractivity contribution < 1.29 is 0 Å². The highest BCUT2D eigenvalue weighted by Gasteiger charge is 2.37. The standard InChI is InChI=1S/C22H21I/c1-4-7-18-19-8-5-6-9-20(19)22(2,3)21(18)15-12-16-10-13-17(23)14-11-16/h4-11,13-15H,1,12H2,2-3H3/b18-7?,21-15+. The molecule has 0 radical (unpaired) electrons. The number of hydrogen-bond donors (Lipinski definition) is 0. The van der Waals surface area contributed by atoms with Gasteiger partial charge < -0.3 is 0 Å². The Hall–Kier alpha value is -1.61. The Morgan fingerprint density at radius 2 is 1.74 bits per heavy atom. The summed E-state index contributed by atoms with van der Waals surface area (Å²) in [4.78, 5) is 0. The normalized spacial score (nSPS) is 19.1. The van der Waals surface area contributed by atoms with Crippen molar-refractivity contribution in [2.45, 2.75) is 25.7 Å². The summed E-state index contributed by atoms with van der Waals surface area (Å²) in [6.45, 7) is 8.53. The molecule has 116 valence electrons. The van der Waals surface area contributed by atoms with Gasteiger partial charge in [-0.3, -0.25) is 0 Å². The van der Waals surface area contributed by atoms with Crippen molar-refractivity contribution in [3.05, 3.63) is 99.2 Å². The van der Waals surface area contributed by atoms with E-state index in [1.54, 1.807) is 0 Å². The highest BCUT2D eigenvalue weighted by molar-refractivity contribution is 14.1. The summed E-state index contributed by atoms with van der Waals surface area (Å²) in [5.74, 6) is 0. The van der Waals surface area contributed by atoms with Crippen LogP contribution in [-0.2, 0) is 11.8 Å². The van der Waals surface area contributed by atoms with E-state index < -0.39 is 0 Å². The van der Waals surface area contributed by atoms with Crippen molar-refractivity contribution in [1.29, 1.82) is 0 Å². The predicted octanol–water partition coefficient (Wildman–Crippen LogP) is 6.32. The Kier molecular flexibility index (Phi) is 4.58. The molecule has 0 heterocycles. The van der Waals surface area contributed by atoms with E-state index in [1.807, 2.05) is 6.08 Å². The van der Waals surface area contributed by atoms with Crippen LogP contribution >= 0.6 is 22.6 Å². The number of allylic oxidation sites excluding steroid dienone is 5. The Bertz CT molecular complexity index is 789. The molecule has 1 heteroatoms. The lowest BCUT2D eigenvalue weighted by molar-refractivity contribution is 0.658. The van der Waals surface area contributed by atoms with Gasteiger partial charge in [0.25, 0.3) is 0 Å². The predicted molar refractivity (Wildman–Crippen MR) is 109 cm³/mol. The summed E-state index contributed by atoms with van der Waals surface area (Å²) in [6, 6.07) is 17.5. The van der Waals surface area contributed by atoms with Crippen molar-refractivity contribution in [3.63, 3.8) is 0 Å². The number of halogens is 1. The summed E-state index contributed by atoms with van der Waals surface area (Å²) in [5.41, 5.74) is 6.84. The highest BCUT2D eigenvalue weighted by atomic mass is 127. The fourth-order valence-electron chi connectivity index (χ4n) is 3.39. The van der Waals surface area contributed by atoms with Gasteiger partial charge in [0.05, 0.1) is 0 Å². The topological polar surface area (TPSA) is 0 Å². The van der Waals surface area contributed by atoms with E-state index >= 15 is 0 Å². The van der Waals surface area contributed by atoms with Gasteiger partial charge >= 0.3 is 0 Å². The number of hydrogen-bond acceptors (Lipinski definition) is 0. The smallest absolute Gasteiger partial charge is 0.0155 e. The molecule has 0 N–H and O–H groups in total. The zero-order chi connectivity index (χ0) is 16.4. The Labute approximate surface area is 152 Å². The molecule has 0 spiro atoms. The molecule has 2 aromatic carbocycles. The van der Waals surface area contributed by atoms with E-state index in [2.05, 4.69) is 104 Å². The number of fused-ring (bicyclic) bond motifs is 1. The minimum absolute atomic E-state index is 0.0363. The molecule has 0 aromatic heterocycles. The van der Waals surface area contributed by atoms with Gasteiger partial charge in [0, 0.05) is 8.99 Å². The van der Waals surface area contributed by atoms with Crippen LogP contribution in [0.25, 0.3) is 5.57 Å². The van der Waals surface area contributed by atoms with Crippen LogP contribution in [0.1, 0.15) is 30.5 Å². The third kappa shape index (κ3) is 3.07. The summed E-state index contributed by atoms with van der Waals surface area (Å²) >= 11 is 2.35. The second kappa shape index (κ2) is 6.48. The van der Waals surface area contributed by atoms with E-state index in [-0.39, 0.29) is 5.41 Å². The molecule has 0 unspecified atom stereocenters. The summed E-state index contributed by atoms with van der Waals surface area (Å²) in [5, 5.41) is 0. The molecule has 3 rings (SSSR count). The average molecular weight is 412 g/mol. The maximum atomic E-state index is 3.90. The molecular formula is C22H21I. The zero-order valence-electron chi connectivity index (χ0n) is 13.6. The molecule has 0 saturated heterocycles. The molecule has 0 saturated carbocycles. The molecule has 0 bridgehead atoms. The van der Waals surface area contributed by atoms with Crippen LogP contribution in [-0.4, -0.2) is 0 Å². The first-order valence-electron chi connectivity index (χ1n) is 7.92. The van der Waals surface area contributed by atoms with Crippen molar-refractivity contribution in [3.8, 4) is 0 Å². The second-order valence-corrected chi connectivity index (χ2v) is 7.68. The average Bonchev–Trinajstić information content (AvgIpc) is 2.76. The fourth-order valence-corrected chi connectivity index (χ4v) is 3.75. The zero-order valence-corrected chi connectivity index (χ0v) is 15.8. The molecule has 0 atom stereocenters. The monoisotopic (exact) mass is 412 g/mol. The van der Waals surface area contributed by atoms with Crippen LogP contribution in [0.2, 0.25) is 0 Å². The maximum Gasteiger partial charge on any atom is 0.0155 e. The van der Waals surface area contributed by atoms with Crippen LogP contribution < -0.4 is 0 Å². The molecule has 0 fully saturated rings. The summed E-state index contributed by atoms with van der Waals surface area (Å²) < 4.78 is 1.28. The molecule has 1 aliphatic rings. The number of benzene rings is 2. The lowest BCUT2D eigenvalue weighted by atomic mass is 9.81. The van der Waals surface area contributed by atoms with Crippen molar-refractivity contribution >= 4 is 28.2 Å². The molecule has 1 aliphatic carbocycles. The molecule has 23 heavy (non-hydrogen) atoms. The van der Waals surface area contributed by atoms with Crippen LogP contribution in [0.4, 0.5) is 0 Å². The van der Waals surface area contributed by atoms with Crippen LogP contribution in [0.5, 0.6) is 0 Å². The van der Waals surface area contributed by atoms with Gasteiger partial charge in [-0.2, -0.15) is 0 Å². The molecule has 2 aromatic rings. The van der Waals surface area contributed by atoms with Gasteiger partial charge in [0.1, 0.15) is 0 Å². The van der Waals surface area contributed by atoms with Crippen molar-refractivity contribution in [1.82, 2.24) is 0 Å². The van der Waals surface area contributed by atoms with E-state index in [4.69, 9.17) is 0 Å². The van der Waals surface area contributed by atoms with Gasteiger partial charge in [0.15, 0.2) is 0 Å². The minimum atomic E-state index is 0.0363. The Morgan fingerprint density at radius 1 is 1.04 bits per heavy atom. The van der Waals surface area contributed by atoms with Gasteiger partial charge in [-0.05, 0) is 69.0 Å². The first-order valence-corrected chi connectivity index (χ1v) is 9.00. The van der Waals surface area contributed by atoms with E-state index in [9.17, 15) is 0 Å². The third-order valence-corrected chi connectivity index (χ3v) is 5.31. The van der Waals surface area contributed by atoms with E-state index in [0.717, 1.165) is 6.42 Å². The minimum Gasteiger partial charge on any atom is -0.0990 e. The summed E-state index contributed by atoms with van der Waals surface area (Å²) in [7, 11) is 0. The summed E-state index contributed by atoms with van der Waals surface area (Å²) in [6.07, 6.45) is 7.38. The fraction of sp³-hybridized carbons (Fsp3) is 0.182. The second-order valence-electron chi connectivity index (χ2n) is 6.44. The van der Waals surface area contributed by atoms with Crippen LogP contribution in [0.3, 0.4) is 0 Å². The van der Waals surface area contributed by atoms with Crippen LogP contribution in [0.15, 0.2) is 78.9 Å². The van der Waals surface area contributed by atoms with Gasteiger partial charge in [-0.1, -0.05) is 75.1 Å². The van der Waals surface area contributed by atoms with Gasteiger partial charge in [0.2, 0.25) is 0 Å². The van der Waals surface area contributed by atoms with Crippen molar-refractivity contribution in [2.75, 3.05) is 0 Å². The SMILES string of the molecule is C=CC=C1/C(=C\Cc2ccc(I)cc2)C(C)(C)c2ccccc21. The Balaban J connectivity index is 2.03. The van der Waals surface area contributed by atoms with E-state index in [1.165, 1.54) is 31.4 Å².